The lowest BCUT2D eigenvalue weighted by Crippen LogP contribution is -2.39. The maximum atomic E-state index is 13.1. The van der Waals surface area contributed by atoms with Gasteiger partial charge in [-0.2, -0.15) is 4.31 Å². The number of aromatic nitrogens is 3. The number of aromatic amines is 1. The molecule has 0 saturated heterocycles. The van der Waals surface area contributed by atoms with Crippen molar-refractivity contribution >= 4 is 15.7 Å². The fourth-order valence-corrected chi connectivity index (χ4v) is 5.24. The summed E-state index contributed by atoms with van der Waals surface area (Å²) in [5, 5.41) is 3.11. The highest BCUT2D eigenvalue weighted by Gasteiger charge is 2.31. The lowest BCUT2D eigenvalue weighted by atomic mass is 10.1. The zero-order valence-corrected chi connectivity index (χ0v) is 17.6. The first-order valence-corrected chi connectivity index (χ1v) is 11.2. The van der Waals surface area contributed by atoms with Crippen molar-refractivity contribution in [1.29, 1.82) is 0 Å². The van der Waals surface area contributed by atoms with E-state index in [1.165, 1.54) is 28.1 Å². The van der Waals surface area contributed by atoms with Crippen molar-refractivity contribution in [2.45, 2.75) is 17.9 Å². The number of fused-ring (bicyclic) bond motifs is 2. The summed E-state index contributed by atoms with van der Waals surface area (Å²) in [6, 6.07) is 17.7. The molecular formula is C22H20N4O4S. The Labute approximate surface area is 178 Å². The van der Waals surface area contributed by atoms with Gasteiger partial charge in [0.2, 0.25) is 10.0 Å². The Hall–Kier alpha value is -3.43. The summed E-state index contributed by atoms with van der Waals surface area (Å²) in [6.07, 6.45) is 0.305. The summed E-state index contributed by atoms with van der Waals surface area (Å²) in [6.45, 7) is 0.276. The first kappa shape index (κ1) is 19.5. The number of ether oxygens (including phenoxy) is 1. The topological polar surface area (TPSA) is 96.8 Å². The number of H-pyrrole nitrogens is 1. The molecule has 31 heavy (non-hydrogen) atoms. The molecule has 4 aromatic rings. The minimum atomic E-state index is -3.71. The minimum Gasteiger partial charge on any atom is -0.497 e. The van der Waals surface area contributed by atoms with Crippen molar-refractivity contribution in [2.75, 3.05) is 13.7 Å². The van der Waals surface area contributed by atoms with Crippen molar-refractivity contribution in [3.05, 3.63) is 82.3 Å². The molecular weight excluding hydrogens is 416 g/mol. The molecule has 0 saturated carbocycles. The number of hydrogen-bond acceptors (Lipinski definition) is 5. The third-order valence-electron chi connectivity index (χ3n) is 5.51. The summed E-state index contributed by atoms with van der Waals surface area (Å²) in [4.78, 5) is 17.8. The van der Waals surface area contributed by atoms with E-state index in [9.17, 15) is 13.2 Å². The average molecular weight is 436 g/mol. The minimum absolute atomic E-state index is 0.0568. The SMILES string of the molecule is COc1ccc(S(=O)(=O)N2CCc3c(nc4cc(-c5ccccc5)[nH]n4c3=O)C2)cc1. The van der Waals surface area contributed by atoms with E-state index in [4.69, 9.17) is 4.74 Å². The van der Waals surface area contributed by atoms with Crippen LogP contribution in [-0.4, -0.2) is 41.0 Å². The van der Waals surface area contributed by atoms with Crippen molar-refractivity contribution < 1.29 is 13.2 Å². The Bertz CT molecular complexity index is 1420. The second-order valence-corrected chi connectivity index (χ2v) is 9.27. The Morgan fingerprint density at radius 1 is 1.06 bits per heavy atom. The quantitative estimate of drug-likeness (QED) is 0.530. The Morgan fingerprint density at radius 3 is 2.52 bits per heavy atom. The smallest absolute Gasteiger partial charge is 0.276 e. The molecule has 2 aromatic heterocycles. The van der Waals surface area contributed by atoms with E-state index < -0.39 is 10.0 Å². The van der Waals surface area contributed by atoms with Gasteiger partial charge in [0.1, 0.15) is 5.75 Å². The third kappa shape index (κ3) is 3.31. The van der Waals surface area contributed by atoms with Crippen LogP contribution in [0.3, 0.4) is 0 Å². The standard InChI is InChI=1S/C22H20N4O4S/c1-30-16-7-9-17(10-8-16)31(28,29)25-12-11-18-20(14-25)23-21-13-19(24-26(21)22(18)27)15-5-3-2-4-6-15/h2-10,13,24H,11-12,14H2,1H3. The van der Waals surface area contributed by atoms with Gasteiger partial charge in [-0.1, -0.05) is 30.3 Å². The van der Waals surface area contributed by atoms with E-state index in [2.05, 4.69) is 10.1 Å². The summed E-state index contributed by atoms with van der Waals surface area (Å²) in [5.41, 5.74) is 3.02. The van der Waals surface area contributed by atoms with Gasteiger partial charge in [0.25, 0.3) is 5.56 Å². The lowest BCUT2D eigenvalue weighted by molar-refractivity contribution is 0.383. The van der Waals surface area contributed by atoms with Gasteiger partial charge in [-0.05, 0) is 36.2 Å². The van der Waals surface area contributed by atoms with Crippen LogP contribution in [0.5, 0.6) is 5.75 Å². The van der Waals surface area contributed by atoms with Crippen LogP contribution < -0.4 is 10.3 Å². The highest BCUT2D eigenvalue weighted by Crippen LogP contribution is 2.25. The normalized spacial score (nSPS) is 14.5. The first-order chi connectivity index (χ1) is 15.0. The number of benzene rings is 2. The predicted molar refractivity (Wildman–Crippen MR) is 116 cm³/mol. The Kier molecular flexibility index (Phi) is 4.64. The first-order valence-electron chi connectivity index (χ1n) is 9.80. The van der Waals surface area contributed by atoms with Gasteiger partial charge in [0.15, 0.2) is 5.65 Å². The fraction of sp³-hybridized carbons (Fsp3) is 0.182. The molecule has 1 N–H and O–H groups in total. The zero-order chi connectivity index (χ0) is 21.6. The second kappa shape index (κ2) is 7.36. The number of sulfonamides is 1. The van der Waals surface area contributed by atoms with Crippen LogP contribution in [0.1, 0.15) is 11.3 Å². The highest BCUT2D eigenvalue weighted by molar-refractivity contribution is 7.89. The molecule has 5 rings (SSSR count). The third-order valence-corrected chi connectivity index (χ3v) is 7.37. The fourth-order valence-electron chi connectivity index (χ4n) is 3.84. The van der Waals surface area contributed by atoms with Gasteiger partial charge < -0.3 is 4.74 Å². The highest BCUT2D eigenvalue weighted by atomic mass is 32.2. The molecule has 1 aliphatic rings. The monoisotopic (exact) mass is 436 g/mol. The summed E-state index contributed by atoms with van der Waals surface area (Å²) in [5.74, 6) is 0.585. The van der Waals surface area contributed by atoms with Crippen molar-refractivity contribution in [3.8, 4) is 17.0 Å². The van der Waals surface area contributed by atoms with Crippen LogP contribution in [0.4, 0.5) is 0 Å². The Morgan fingerprint density at radius 2 is 1.81 bits per heavy atom. The molecule has 0 radical (unpaired) electrons. The van der Waals surface area contributed by atoms with Crippen LogP contribution in [-0.2, 0) is 23.0 Å². The van der Waals surface area contributed by atoms with Gasteiger partial charge in [-0.25, -0.2) is 17.9 Å². The number of hydrogen-bond donors (Lipinski definition) is 1. The molecule has 3 heterocycles. The van der Waals surface area contributed by atoms with Crippen LogP contribution in [0, 0.1) is 0 Å². The zero-order valence-electron chi connectivity index (χ0n) is 16.8. The van der Waals surface area contributed by atoms with E-state index in [1.807, 2.05) is 30.3 Å². The van der Waals surface area contributed by atoms with Crippen LogP contribution in [0.15, 0.2) is 70.4 Å². The molecule has 158 valence electrons. The molecule has 1 aliphatic heterocycles. The lowest BCUT2D eigenvalue weighted by Gasteiger charge is -2.27. The molecule has 9 heteroatoms. The molecule has 0 bridgehead atoms. The van der Waals surface area contributed by atoms with E-state index in [0.717, 1.165) is 11.3 Å². The molecule has 0 unspecified atom stereocenters. The van der Waals surface area contributed by atoms with E-state index in [0.29, 0.717) is 29.1 Å². The Balaban J connectivity index is 1.52. The molecule has 0 aliphatic carbocycles. The van der Waals surface area contributed by atoms with Gasteiger partial charge in [0.05, 0.1) is 29.9 Å². The summed E-state index contributed by atoms with van der Waals surface area (Å²) in [7, 11) is -2.18. The molecule has 0 fully saturated rings. The number of rotatable bonds is 4. The average Bonchev–Trinajstić information content (AvgIpc) is 3.24. The van der Waals surface area contributed by atoms with Gasteiger partial charge in [-0.15, -0.1) is 0 Å². The van der Waals surface area contributed by atoms with Crippen LogP contribution >= 0.6 is 0 Å². The molecule has 8 nitrogen and oxygen atoms in total. The summed E-state index contributed by atoms with van der Waals surface area (Å²) >= 11 is 0. The number of methoxy groups -OCH3 is 1. The van der Waals surface area contributed by atoms with Gasteiger partial charge in [-0.3, -0.25) is 9.89 Å². The van der Waals surface area contributed by atoms with E-state index >= 15 is 0 Å². The van der Waals surface area contributed by atoms with Crippen LogP contribution in [0.25, 0.3) is 16.9 Å². The van der Waals surface area contributed by atoms with E-state index in [1.54, 1.807) is 18.2 Å². The van der Waals surface area contributed by atoms with Crippen molar-refractivity contribution in [3.63, 3.8) is 0 Å². The molecule has 2 aromatic carbocycles. The van der Waals surface area contributed by atoms with Gasteiger partial charge in [0, 0.05) is 18.2 Å². The van der Waals surface area contributed by atoms with Crippen LogP contribution in [0.2, 0.25) is 0 Å². The van der Waals surface area contributed by atoms with Crippen molar-refractivity contribution in [1.82, 2.24) is 18.9 Å². The maximum Gasteiger partial charge on any atom is 0.276 e. The largest absolute Gasteiger partial charge is 0.497 e. The maximum absolute atomic E-state index is 13.1. The molecule has 0 amide bonds. The van der Waals surface area contributed by atoms with Gasteiger partial charge >= 0.3 is 0 Å². The number of nitrogens with zero attached hydrogens (tertiary/aromatic N) is 3. The second-order valence-electron chi connectivity index (χ2n) is 7.34. The molecule has 0 atom stereocenters. The van der Waals surface area contributed by atoms with Crippen molar-refractivity contribution in [2.24, 2.45) is 0 Å². The van der Waals surface area contributed by atoms with E-state index in [-0.39, 0.29) is 23.5 Å². The molecule has 0 spiro atoms. The summed E-state index contributed by atoms with van der Waals surface area (Å²) < 4.78 is 34.1. The predicted octanol–water partition coefficient (Wildman–Crippen LogP) is 2.45. The number of nitrogens with one attached hydrogen (secondary N) is 1.